The number of imidazole rings is 1. The third-order valence-corrected chi connectivity index (χ3v) is 7.30. The molecule has 4 heterocycles. The third-order valence-electron chi connectivity index (χ3n) is 7.30. The Morgan fingerprint density at radius 3 is 2.74 bits per heavy atom. The average Bonchev–Trinajstić information content (AvgIpc) is 3.56. The van der Waals surface area contributed by atoms with Gasteiger partial charge in [0.25, 0.3) is 0 Å². The quantitative estimate of drug-likeness (QED) is 0.396. The van der Waals surface area contributed by atoms with Crippen LogP contribution in [-0.4, -0.2) is 54.3 Å². The van der Waals surface area contributed by atoms with Gasteiger partial charge in [0.1, 0.15) is 11.5 Å². The number of likely N-dealkylation sites (tertiary alicyclic amines) is 1. The fraction of sp³-hybridized carbons (Fsp3) is 0.333. The molecular weight excluding hydrogens is 443 g/mol. The zero-order valence-electron chi connectivity index (χ0n) is 19.8. The number of aromatic nitrogens is 4. The van der Waals surface area contributed by atoms with Gasteiger partial charge in [-0.05, 0) is 60.2 Å². The van der Waals surface area contributed by atoms with Crippen molar-refractivity contribution in [3.05, 3.63) is 71.6 Å². The number of nitrogens with zero attached hydrogens (tertiary/aromatic N) is 4. The number of aliphatic hydroxyl groups excluding tert-OH is 1. The van der Waals surface area contributed by atoms with E-state index in [0.29, 0.717) is 6.54 Å². The summed E-state index contributed by atoms with van der Waals surface area (Å²) in [5, 5.41) is 18.4. The van der Waals surface area contributed by atoms with Crippen LogP contribution in [0.2, 0.25) is 0 Å². The highest BCUT2D eigenvalue weighted by Gasteiger charge is 2.29. The Bertz CT molecular complexity index is 1390. The Hall–Kier alpha value is -3.65. The summed E-state index contributed by atoms with van der Waals surface area (Å²) in [6.45, 7) is 9.47. The first-order valence-electron chi connectivity index (χ1n) is 12.2. The van der Waals surface area contributed by atoms with E-state index in [1.807, 2.05) is 24.3 Å². The molecule has 0 amide bonds. The molecule has 35 heavy (non-hydrogen) atoms. The van der Waals surface area contributed by atoms with E-state index in [9.17, 15) is 9.50 Å². The fourth-order valence-corrected chi connectivity index (χ4v) is 5.25. The normalized spacial score (nSPS) is 16.3. The van der Waals surface area contributed by atoms with Gasteiger partial charge >= 0.3 is 0 Å². The first-order chi connectivity index (χ1) is 17.0. The maximum absolute atomic E-state index is 13.9. The monoisotopic (exact) mass is 472 g/mol. The lowest BCUT2D eigenvalue weighted by Crippen LogP contribution is -2.39. The van der Waals surface area contributed by atoms with Crippen LogP contribution in [0.1, 0.15) is 36.7 Å². The summed E-state index contributed by atoms with van der Waals surface area (Å²) in [7, 11) is 0. The molecule has 0 saturated carbocycles. The number of hydrogen-bond donors (Lipinski definition) is 3. The van der Waals surface area contributed by atoms with Crippen LogP contribution in [-0.2, 0) is 19.5 Å². The van der Waals surface area contributed by atoms with E-state index in [2.05, 4.69) is 38.5 Å². The molecule has 6 rings (SSSR count). The Balaban J connectivity index is 1.23. The second-order valence-electron chi connectivity index (χ2n) is 9.49. The van der Waals surface area contributed by atoms with Gasteiger partial charge in [0.05, 0.1) is 41.9 Å². The predicted molar refractivity (Wildman–Crippen MR) is 134 cm³/mol. The molecule has 1 saturated heterocycles. The van der Waals surface area contributed by atoms with Crippen molar-refractivity contribution in [3.63, 3.8) is 0 Å². The van der Waals surface area contributed by atoms with Crippen molar-refractivity contribution in [2.24, 2.45) is 0 Å². The summed E-state index contributed by atoms with van der Waals surface area (Å²) in [4.78, 5) is 12.8. The van der Waals surface area contributed by atoms with E-state index in [-0.39, 0.29) is 11.9 Å². The van der Waals surface area contributed by atoms with Crippen molar-refractivity contribution in [2.45, 2.75) is 45.4 Å². The molecule has 2 aliphatic heterocycles. The van der Waals surface area contributed by atoms with Gasteiger partial charge in [0.2, 0.25) is 0 Å². The van der Waals surface area contributed by atoms with Gasteiger partial charge in [-0.15, -0.1) is 0 Å². The zero-order valence-corrected chi connectivity index (χ0v) is 19.8. The van der Waals surface area contributed by atoms with Crippen LogP contribution in [0.5, 0.6) is 0 Å². The predicted octanol–water partition coefficient (Wildman–Crippen LogP) is 4.57. The summed E-state index contributed by atoms with van der Waals surface area (Å²) < 4.78 is 13.9. The first-order valence-corrected chi connectivity index (χ1v) is 12.2. The van der Waals surface area contributed by atoms with Gasteiger partial charge in [0, 0.05) is 18.5 Å². The molecule has 180 valence electrons. The van der Waals surface area contributed by atoms with Crippen LogP contribution in [0.4, 0.5) is 4.39 Å². The largest absolute Gasteiger partial charge is 0.393 e. The van der Waals surface area contributed by atoms with Gasteiger partial charge in [0.15, 0.2) is 5.82 Å². The fourth-order valence-electron chi connectivity index (χ4n) is 5.25. The topological polar surface area (TPSA) is 84.1 Å². The molecule has 0 aliphatic carbocycles. The van der Waals surface area contributed by atoms with Crippen molar-refractivity contribution < 1.29 is 9.50 Å². The molecule has 2 aromatic carbocycles. The number of piperidine rings is 1. The number of halogens is 1. The Kier molecular flexibility index (Phi) is 5.33. The third kappa shape index (κ3) is 3.87. The Labute approximate surface area is 203 Å². The minimum absolute atomic E-state index is 0.197. The van der Waals surface area contributed by atoms with Crippen LogP contribution in [0.15, 0.2) is 48.8 Å². The van der Waals surface area contributed by atoms with E-state index in [1.165, 1.54) is 6.07 Å². The molecule has 0 radical (unpaired) electrons. The second-order valence-corrected chi connectivity index (χ2v) is 9.49. The molecule has 0 bridgehead atoms. The summed E-state index contributed by atoms with van der Waals surface area (Å²) in [5.41, 5.74) is 6.75. The Morgan fingerprint density at radius 2 is 1.97 bits per heavy atom. The Morgan fingerprint density at radius 1 is 1.14 bits per heavy atom. The standard InChI is InChI=1S/C27H29FN6O/c1-3-17-4-6-19(28)13-22(17)18-5-7-21-23(12-18)31-32-26(21)27-29-24-14-34(15-25(24)30-27)16(2)33-10-8-20(35)9-11-33/h4-7,12-13,20,35H,2-3,8-11,14-15H2,1H3,(H,29,30)(H,31,32). The van der Waals surface area contributed by atoms with Crippen molar-refractivity contribution in [2.75, 3.05) is 13.1 Å². The van der Waals surface area contributed by atoms with Gasteiger partial charge in [-0.25, -0.2) is 9.37 Å². The maximum Gasteiger partial charge on any atom is 0.159 e. The highest BCUT2D eigenvalue weighted by molar-refractivity contribution is 5.94. The number of nitrogens with one attached hydrogen (secondary N) is 2. The molecule has 1 fully saturated rings. The van der Waals surface area contributed by atoms with E-state index in [0.717, 1.165) is 95.2 Å². The van der Waals surface area contributed by atoms with Crippen molar-refractivity contribution in [1.82, 2.24) is 30.0 Å². The molecule has 7 nitrogen and oxygen atoms in total. The van der Waals surface area contributed by atoms with Gasteiger partial charge in [-0.1, -0.05) is 25.6 Å². The minimum atomic E-state index is -0.234. The summed E-state index contributed by atoms with van der Waals surface area (Å²) >= 11 is 0. The second kappa shape index (κ2) is 8.53. The van der Waals surface area contributed by atoms with E-state index >= 15 is 0 Å². The molecule has 3 N–H and O–H groups in total. The molecule has 0 unspecified atom stereocenters. The lowest BCUT2D eigenvalue weighted by atomic mass is 9.97. The number of rotatable bonds is 5. The smallest absolute Gasteiger partial charge is 0.159 e. The molecule has 4 aromatic rings. The van der Waals surface area contributed by atoms with Crippen molar-refractivity contribution >= 4 is 10.9 Å². The van der Waals surface area contributed by atoms with Crippen molar-refractivity contribution in [3.8, 4) is 22.6 Å². The van der Waals surface area contributed by atoms with E-state index in [1.54, 1.807) is 6.07 Å². The van der Waals surface area contributed by atoms with Crippen molar-refractivity contribution in [1.29, 1.82) is 0 Å². The number of H-pyrrole nitrogens is 2. The number of aryl methyl sites for hydroxylation is 1. The zero-order chi connectivity index (χ0) is 24.1. The molecule has 8 heteroatoms. The molecule has 2 aromatic heterocycles. The lowest BCUT2D eigenvalue weighted by Gasteiger charge is -2.36. The molecule has 0 spiro atoms. The van der Waals surface area contributed by atoms with Crippen LogP contribution >= 0.6 is 0 Å². The summed E-state index contributed by atoms with van der Waals surface area (Å²) in [6.07, 6.45) is 2.21. The minimum Gasteiger partial charge on any atom is -0.393 e. The average molecular weight is 473 g/mol. The van der Waals surface area contributed by atoms with Gasteiger partial charge in [-0.2, -0.15) is 5.10 Å². The number of fused-ring (bicyclic) bond motifs is 2. The lowest BCUT2D eigenvalue weighted by molar-refractivity contribution is 0.0797. The first kappa shape index (κ1) is 21.9. The number of hydrogen-bond acceptors (Lipinski definition) is 5. The maximum atomic E-state index is 13.9. The summed E-state index contributed by atoms with van der Waals surface area (Å²) in [5.74, 6) is 1.51. The number of benzene rings is 2. The van der Waals surface area contributed by atoms with Crippen LogP contribution in [0, 0.1) is 5.82 Å². The van der Waals surface area contributed by atoms with Crippen LogP contribution in [0.3, 0.4) is 0 Å². The van der Waals surface area contributed by atoms with E-state index in [4.69, 9.17) is 4.98 Å². The van der Waals surface area contributed by atoms with Gasteiger partial charge < -0.3 is 19.9 Å². The van der Waals surface area contributed by atoms with E-state index < -0.39 is 0 Å². The van der Waals surface area contributed by atoms with Crippen LogP contribution in [0.25, 0.3) is 33.5 Å². The molecule has 0 atom stereocenters. The number of aliphatic hydroxyl groups is 1. The summed E-state index contributed by atoms with van der Waals surface area (Å²) in [6, 6.07) is 11.0. The molecular formula is C27H29FN6O. The highest BCUT2D eigenvalue weighted by Crippen LogP contribution is 2.33. The van der Waals surface area contributed by atoms with Gasteiger partial charge in [-0.3, -0.25) is 5.10 Å². The highest BCUT2D eigenvalue weighted by atomic mass is 19.1. The van der Waals surface area contributed by atoms with Crippen LogP contribution < -0.4 is 0 Å². The SMILES string of the molecule is C=C(N1CCC(O)CC1)N1Cc2nc(-c3n[nH]c4cc(-c5cc(F)ccc5CC)ccc34)[nH]c2C1. The molecule has 2 aliphatic rings. The number of aromatic amines is 2.